The van der Waals surface area contributed by atoms with Crippen molar-refractivity contribution in [3.05, 3.63) is 41.0 Å². The normalized spacial score (nSPS) is 17.3. The molecular formula is C14H17NO2. The molecule has 0 aromatic heterocycles. The van der Waals surface area contributed by atoms with Crippen LogP contribution in [0.15, 0.2) is 29.8 Å². The van der Waals surface area contributed by atoms with E-state index in [0.717, 1.165) is 29.7 Å². The van der Waals surface area contributed by atoms with E-state index in [1.165, 1.54) is 0 Å². The summed E-state index contributed by atoms with van der Waals surface area (Å²) in [6, 6.07) is 7.99. The van der Waals surface area contributed by atoms with Crippen LogP contribution < -0.4 is 0 Å². The Balaban J connectivity index is 2.51. The second-order valence-electron chi connectivity index (χ2n) is 4.56. The lowest BCUT2D eigenvalue weighted by molar-refractivity contribution is -0.132. The van der Waals surface area contributed by atoms with Crippen LogP contribution in [-0.2, 0) is 4.79 Å². The van der Waals surface area contributed by atoms with Gasteiger partial charge in [-0.05, 0) is 37.1 Å². The minimum absolute atomic E-state index is 0.527. The average molecular weight is 231 g/mol. The van der Waals surface area contributed by atoms with Gasteiger partial charge in [0.1, 0.15) is 0 Å². The maximum absolute atomic E-state index is 11.3. The van der Waals surface area contributed by atoms with Gasteiger partial charge in [-0.25, -0.2) is 4.79 Å². The highest BCUT2D eigenvalue weighted by Gasteiger charge is 2.22. The summed E-state index contributed by atoms with van der Waals surface area (Å²) in [4.78, 5) is 13.4. The number of hydrogen-bond donors (Lipinski definition) is 1. The average Bonchev–Trinajstić information content (AvgIpc) is 2.30. The van der Waals surface area contributed by atoms with Crippen molar-refractivity contribution in [2.75, 3.05) is 20.1 Å². The Morgan fingerprint density at radius 2 is 2.06 bits per heavy atom. The maximum Gasteiger partial charge on any atom is 0.333 e. The van der Waals surface area contributed by atoms with Gasteiger partial charge in [0.2, 0.25) is 0 Å². The zero-order chi connectivity index (χ0) is 12.4. The predicted octanol–water partition coefficient (Wildman–Crippen LogP) is 2.17. The molecule has 3 nitrogen and oxygen atoms in total. The standard InChI is InChI=1S/C14H17NO2/c1-10-5-3-4-6-11(10)12-7-8-15(2)9-13(12)14(16)17/h3-6H,7-9H2,1-2H3,(H,16,17). The van der Waals surface area contributed by atoms with Crippen molar-refractivity contribution in [3.63, 3.8) is 0 Å². The van der Waals surface area contributed by atoms with Crippen molar-refractivity contribution in [3.8, 4) is 0 Å². The molecule has 0 radical (unpaired) electrons. The van der Waals surface area contributed by atoms with E-state index in [-0.39, 0.29) is 0 Å². The number of likely N-dealkylation sites (N-methyl/N-ethyl adjacent to an activating group) is 1. The van der Waals surface area contributed by atoms with Crippen LogP contribution in [0, 0.1) is 6.92 Å². The highest BCUT2D eigenvalue weighted by atomic mass is 16.4. The third-order valence-electron chi connectivity index (χ3n) is 3.26. The summed E-state index contributed by atoms with van der Waals surface area (Å²) in [5, 5.41) is 9.29. The molecule has 3 heteroatoms. The highest BCUT2D eigenvalue weighted by molar-refractivity contribution is 5.97. The third-order valence-corrected chi connectivity index (χ3v) is 3.26. The van der Waals surface area contributed by atoms with Crippen molar-refractivity contribution in [2.24, 2.45) is 0 Å². The van der Waals surface area contributed by atoms with Gasteiger partial charge in [-0.3, -0.25) is 0 Å². The summed E-state index contributed by atoms with van der Waals surface area (Å²) in [5.74, 6) is -0.796. The van der Waals surface area contributed by atoms with Crippen molar-refractivity contribution in [1.82, 2.24) is 4.90 Å². The maximum atomic E-state index is 11.3. The molecule has 0 saturated heterocycles. The molecule has 1 heterocycles. The smallest absolute Gasteiger partial charge is 0.333 e. The van der Waals surface area contributed by atoms with E-state index in [2.05, 4.69) is 0 Å². The molecule has 0 unspecified atom stereocenters. The molecule has 90 valence electrons. The number of aliphatic carboxylic acids is 1. The topological polar surface area (TPSA) is 40.5 Å². The zero-order valence-corrected chi connectivity index (χ0v) is 10.2. The highest BCUT2D eigenvalue weighted by Crippen LogP contribution is 2.29. The number of rotatable bonds is 2. The first-order valence-electron chi connectivity index (χ1n) is 5.79. The van der Waals surface area contributed by atoms with E-state index < -0.39 is 5.97 Å². The molecule has 1 aromatic carbocycles. The van der Waals surface area contributed by atoms with Crippen LogP contribution >= 0.6 is 0 Å². The van der Waals surface area contributed by atoms with Gasteiger partial charge in [0.25, 0.3) is 0 Å². The number of aryl methyl sites for hydroxylation is 1. The van der Waals surface area contributed by atoms with Crippen LogP contribution in [-0.4, -0.2) is 36.1 Å². The second kappa shape index (κ2) is 4.72. The van der Waals surface area contributed by atoms with Crippen molar-refractivity contribution < 1.29 is 9.90 Å². The minimum atomic E-state index is -0.796. The van der Waals surface area contributed by atoms with Crippen LogP contribution in [0.25, 0.3) is 5.57 Å². The Morgan fingerprint density at radius 3 is 2.71 bits per heavy atom. The molecule has 0 saturated carbocycles. The largest absolute Gasteiger partial charge is 0.478 e. The van der Waals surface area contributed by atoms with Gasteiger partial charge in [-0.2, -0.15) is 0 Å². The SMILES string of the molecule is Cc1ccccc1C1=C(C(=O)O)CN(C)CC1. The fourth-order valence-electron chi connectivity index (χ4n) is 2.30. The van der Waals surface area contributed by atoms with Crippen LogP contribution in [0.5, 0.6) is 0 Å². The number of carboxylic acids is 1. The lowest BCUT2D eigenvalue weighted by atomic mass is 9.91. The molecule has 0 amide bonds. The minimum Gasteiger partial charge on any atom is -0.478 e. The van der Waals surface area contributed by atoms with Gasteiger partial charge in [-0.15, -0.1) is 0 Å². The van der Waals surface area contributed by atoms with E-state index in [4.69, 9.17) is 0 Å². The first-order valence-corrected chi connectivity index (χ1v) is 5.79. The Kier molecular flexibility index (Phi) is 3.29. The Bertz CT molecular complexity index is 477. The number of carbonyl (C=O) groups is 1. The summed E-state index contributed by atoms with van der Waals surface area (Å²) in [5.41, 5.74) is 3.76. The quantitative estimate of drug-likeness (QED) is 0.848. The van der Waals surface area contributed by atoms with Gasteiger partial charge in [0.15, 0.2) is 0 Å². The zero-order valence-electron chi connectivity index (χ0n) is 10.2. The van der Waals surface area contributed by atoms with Gasteiger partial charge < -0.3 is 10.0 Å². The molecule has 0 bridgehead atoms. The van der Waals surface area contributed by atoms with Crippen LogP contribution in [0.4, 0.5) is 0 Å². The van der Waals surface area contributed by atoms with Crippen LogP contribution in [0.2, 0.25) is 0 Å². The molecule has 0 spiro atoms. The van der Waals surface area contributed by atoms with Gasteiger partial charge in [-0.1, -0.05) is 24.3 Å². The van der Waals surface area contributed by atoms with Gasteiger partial charge >= 0.3 is 5.97 Å². The Hall–Kier alpha value is -1.61. The molecule has 0 aliphatic carbocycles. The van der Waals surface area contributed by atoms with E-state index in [9.17, 15) is 9.90 Å². The summed E-state index contributed by atoms with van der Waals surface area (Å²) in [7, 11) is 1.96. The third kappa shape index (κ3) is 2.39. The molecule has 1 aliphatic rings. The number of benzene rings is 1. The monoisotopic (exact) mass is 231 g/mol. The second-order valence-corrected chi connectivity index (χ2v) is 4.56. The van der Waals surface area contributed by atoms with E-state index in [1.807, 2.05) is 43.1 Å². The molecular weight excluding hydrogens is 214 g/mol. The van der Waals surface area contributed by atoms with E-state index in [1.54, 1.807) is 0 Å². The van der Waals surface area contributed by atoms with E-state index >= 15 is 0 Å². The van der Waals surface area contributed by atoms with Crippen molar-refractivity contribution in [2.45, 2.75) is 13.3 Å². The lowest BCUT2D eigenvalue weighted by Crippen LogP contribution is -2.30. The van der Waals surface area contributed by atoms with Gasteiger partial charge in [0, 0.05) is 13.1 Å². The predicted molar refractivity (Wildman–Crippen MR) is 67.8 cm³/mol. The number of hydrogen-bond acceptors (Lipinski definition) is 2. The molecule has 0 atom stereocenters. The fourth-order valence-corrected chi connectivity index (χ4v) is 2.30. The van der Waals surface area contributed by atoms with E-state index in [0.29, 0.717) is 12.1 Å². The lowest BCUT2D eigenvalue weighted by Gasteiger charge is -2.26. The summed E-state index contributed by atoms with van der Waals surface area (Å²) in [6.07, 6.45) is 0.809. The molecule has 2 rings (SSSR count). The Labute approximate surface area is 101 Å². The molecule has 1 aliphatic heterocycles. The fraction of sp³-hybridized carbons (Fsp3) is 0.357. The summed E-state index contributed by atoms with van der Waals surface area (Å²) >= 11 is 0. The first-order chi connectivity index (χ1) is 8.09. The Morgan fingerprint density at radius 1 is 1.35 bits per heavy atom. The van der Waals surface area contributed by atoms with Crippen molar-refractivity contribution >= 4 is 11.5 Å². The molecule has 17 heavy (non-hydrogen) atoms. The summed E-state index contributed by atoms with van der Waals surface area (Å²) < 4.78 is 0. The van der Waals surface area contributed by atoms with Crippen molar-refractivity contribution in [1.29, 1.82) is 0 Å². The van der Waals surface area contributed by atoms with Gasteiger partial charge in [0.05, 0.1) is 5.57 Å². The molecule has 1 aromatic rings. The molecule has 1 N–H and O–H groups in total. The van der Waals surface area contributed by atoms with Crippen LogP contribution in [0.1, 0.15) is 17.5 Å². The number of carboxylic acid groups (broad SMARTS) is 1. The molecule has 0 fully saturated rings. The number of nitrogens with zero attached hydrogens (tertiary/aromatic N) is 1. The summed E-state index contributed by atoms with van der Waals surface area (Å²) in [6.45, 7) is 3.47. The first kappa shape index (κ1) is 11.9. The van der Waals surface area contributed by atoms with Crippen LogP contribution in [0.3, 0.4) is 0 Å².